The van der Waals surface area contributed by atoms with E-state index < -0.39 is 12.0 Å². The molecule has 72 valence electrons. The van der Waals surface area contributed by atoms with E-state index in [9.17, 15) is 4.79 Å². The van der Waals surface area contributed by atoms with Gasteiger partial charge in [-0.2, -0.15) is 0 Å². The van der Waals surface area contributed by atoms with Crippen molar-refractivity contribution in [2.24, 2.45) is 0 Å². The van der Waals surface area contributed by atoms with Gasteiger partial charge in [0.1, 0.15) is 6.04 Å². The molecule has 0 aromatic carbocycles. The predicted octanol–water partition coefficient (Wildman–Crippen LogP) is -0.944. The summed E-state index contributed by atoms with van der Waals surface area (Å²) >= 11 is 0. The first kappa shape index (κ1) is 11.4. The van der Waals surface area contributed by atoms with Crippen LogP contribution in [0.3, 0.4) is 0 Å². The number of rotatable bonds is 6. The van der Waals surface area contributed by atoms with Crippen molar-refractivity contribution in [3.63, 3.8) is 0 Å². The highest BCUT2D eigenvalue weighted by molar-refractivity contribution is 5.73. The molecule has 0 aliphatic heterocycles. The molecule has 2 unspecified atom stereocenters. The highest BCUT2D eigenvalue weighted by atomic mass is 16.5. The van der Waals surface area contributed by atoms with Crippen LogP contribution in [0.4, 0.5) is 0 Å². The molecule has 0 aromatic rings. The molecule has 0 saturated heterocycles. The lowest BCUT2D eigenvalue weighted by Crippen LogP contribution is -2.46. The van der Waals surface area contributed by atoms with Crippen LogP contribution in [0.15, 0.2) is 0 Å². The van der Waals surface area contributed by atoms with Gasteiger partial charge in [-0.1, -0.05) is 0 Å². The van der Waals surface area contributed by atoms with E-state index >= 15 is 0 Å². The molecule has 0 fully saturated rings. The highest BCUT2D eigenvalue weighted by Gasteiger charge is 2.18. The number of carboxylic acids is 1. The molecule has 3 N–H and O–H groups in total. The van der Waals surface area contributed by atoms with Crippen molar-refractivity contribution < 1.29 is 19.7 Å². The summed E-state index contributed by atoms with van der Waals surface area (Å²) in [7, 11) is 1.43. The smallest absolute Gasteiger partial charge is 0.323 e. The van der Waals surface area contributed by atoms with Gasteiger partial charge >= 0.3 is 5.97 Å². The van der Waals surface area contributed by atoms with Gasteiger partial charge in [0.15, 0.2) is 0 Å². The largest absolute Gasteiger partial charge is 0.480 e. The van der Waals surface area contributed by atoms with Crippen molar-refractivity contribution in [3.8, 4) is 0 Å². The fourth-order valence-corrected chi connectivity index (χ4v) is 0.754. The van der Waals surface area contributed by atoms with Gasteiger partial charge in [-0.3, -0.25) is 10.1 Å². The third-order valence-electron chi connectivity index (χ3n) is 1.39. The molecular formula is C7H15NO4. The van der Waals surface area contributed by atoms with Crippen LogP contribution in [0.25, 0.3) is 0 Å². The van der Waals surface area contributed by atoms with Crippen molar-refractivity contribution in [1.29, 1.82) is 0 Å². The second-order valence-electron chi connectivity index (χ2n) is 2.60. The van der Waals surface area contributed by atoms with E-state index in [0.717, 1.165) is 0 Å². The summed E-state index contributed by atoms with van der Waals surface area (Å²) < 4.78 is 4.69. The third-order valence-corrected chi connectivity index (χ3v) is 1.39. The lowest BCUT2D eigenvalue weighted by atomic mass is 10.2. The Morgan fingerprint density at radius 3 is 2.58 bits per heavy atom. The quantitative estimate of drug-likeness (QED) is 0.488. The first-order valence-electron chi connectivity index (χ1n) is 3.70. The number of nitrogens with one attached hydrogen (secondary N) is 1. The van der Waals surface area contributed by atoms with Crippen LogP contribution in [0, 0.1) is 0 Å². The molecule has 2 atom stereocenters. The molecule has 0 aliphatic carbocycles. The van der Waals surface area contributed by atoms with Crippen molar-refractivity contribution in [1.82, 2.24) is 5.32 Å². The van der Waals surface area contributed by atoms with Gasteiger partial charge in [0, 0.05) is 13.2 Å². The Kier molecular flexibility index (Phi) is 5.61. The van der Waals surface area contributed by atoms with Crippen LogP contribution in [0.2, 0.25) is 0 Å². The first-order valence-corrected chi connectivity index (χ1v) is 3.70. The SMILES string of the molecule is COCC(NC(C)CO)C(=O)O. The Hall–Kier alpha value is -0.650. The standard InChI is InChI=1S/C7H15NO4/c1-5(3-9)8-6(4-12-2)7(10)11/h5-6,8-9H,3-4H2,1-2H3,(H,10,11). The van der Waals surface area contributed by atoms with Crippen molar-refractivity contribution >= 4 is 5.97 Å². The molecule has 0 aliphatic rings. The summed E-state index contributed by atoms with van der Waals surface area (Å²) in [5.74, 6) is -0.975. The van der Waals surface area contributed by atoms with Gasteiger partial charge in [0.25, 0.3) is 0 Å². The molecular weight excluding hydrogens is 162 g/mol. The zero-order valence-corrected chi connectivity index (χ0v) is 7.28. The summed E-state index contributed by atoms with van der Waals surface area (Å²) in [5.41, 5.74) is 0. The average molecular weight is 177 g/mol. The van der Waals surface area contributed by atoms with Gasteiger partial charge in [-0.05, 0) is 6.92 Å². The molecule has 0 rings (SSSR count). The molecule has 0 spiro atoms. The molecule has 0 saturated carbocycles. The second-order valence-corrected chi connectivity index (χ2v) is 2.60. The summed E-state index contributed by atoms with van der Waals surface area (Å²) in [5, 5.41) is 20.0. The topological polar surface area (TPSA) is 78.8 Å². The minimum absolute atomic E-state index is 0.0898. The van der Waals surface area contributed by atoms with Gasteiger partial charge in [-0.15, -0.1) is 0 Å². The van der Waals surface area contributed by atoms with Crippen molar-refractivity contribution in [3.05, 3.63) is 0 Å². The Bertz CT molecular complexity index is 139. The van der Waals surface area contributed by atoms with Crippen LogP contribution in [-0.2, 0) is 9.53 Å². The van der Waals surface area contributed by atoms with E-state index in [0.29, 0.717) is 0 Å². The number of carboxylic acid groups (broad SMARTS) is 1. The predicted molar refractivity (Wildman–Crippen MR) is 43.0 cm³/mol. The van der Waals surface area contributed by atoms with E-state index in [2.05, 4.69) is 10.1 Å². The maximum atomic E-state index is 10.5. The molecule has 0 heterocycles. The van der Waals surface area contributed by atoms with Gasteiger partial charge in [0.2, 0.25) is 0 Å². The Balaban J connectivity index is 3.86. The second kappa shape index (κ2) is 5.93. The van der Waals surface area contributed by atoms with E-state index in [1.807, 2.05) is 0 Å². The Morgan fingerprint density at radius 1 is 1.67 bits per heavy atom. The lowest BCUT2D eigenvalue weighted by Gasteiger charge is -2.17. The number of aliphatic carboxylic acids is 1. The lowest BCUT2D eigenvalue weighted by molar-refractivity contribution is -0.141. The van der Waals surface area contributed by atoms with Gasteiger partial charge in [0.05, 0.1) is 13.2 Å². The maximum absolute atomic E-state index is 10.5. The highest BCUT2D eigenvalue weighted by Crippen LogP contribution is 1.89. The summed E-state index contributed by atoms with van der Waals surface area (Å²) in [6.07, 6.45) is 0. The van der Waals surface area contributed by atoms with Crippen molar-refractivity contribution in [2.45, 2.75) is 19.0 Å². The number of aliphatic hydroxyl groups is 1. The molecule has 5 nitrogen and oxygen atoms in total. The molecule has 0 bridgehead atoms. The average Bonchev–Trinajstić information content (AvgIpc) is 2.03. The van der Waals surface area contributed by atoms with E-state index in [1.54, 1.807) is 6.92 Å². The van der Waals surface area contributed by atoms with E-state index in [-0.39, 0.29) is 19.3 Å². The van der Waals surface area contributed by atoms with Crippen LogP contribution in [0.5, 0.6) is 0 Å². The Labute approximate surface area is 71.3 Å². The summed E-state index contributed by atoms with van der Waals surface area (Å²) in [4.78, 5) is 10.5. The number of methoxy groups -OCH3 is 1. The van der Waals surface area contributed by atoms with Crippen LogP contribution in [0.1, 0.15) is 6.92 Å². The molecule has 12 heavy (non-hydrogen) atoms. The summed E-state index contributed by atoms with van der Waals surface area (Å²) in [6.45, 7) is 1.71. The number of ether oxygens (including phenoxy) is 1. The van der Waals surface area contributed by atoms with Crippen molar-refractivity contribution in [2.75, 3.05) is 20.3 Å². The van der Waals surface area contributed by atoms with Gasteiger partial charge < -0.3 is 14.9 Å². The Morgan fingerprint density at radius 2 is 2.25 bits per heavy atom. The molecule has 5 heteroatoms. The van der Waals surface area contributed by atoms with Crippen LogP contribution >= 0.6 is 0 Å². The maximum Gasteiger partial charge on any atom is 0.323 e. The molecule has 0 amide bonds. The van der Waals surface area contributed by atoms with E-state index in [4.69, 9.17) is 10.2 Å². The number of aliphatic hydroxyl groups excluding tert-OH is 1. The monoisotopic (exact) mass is 177 g/mol. The first-order chi connectivity index (χ1) is 5.61. The zero-order valence-electron chi connectivity index (χ0n) is 7.28. The zero-order chi connectivity index (χ0) is 9.56. The minimum Gasteiger partial charge on any atom is -0.480 e. The fourth-order valence-electron chi connectivity index (χ4n) is 0.754. The minimum atomic E-state index is -0.975. The number of hydrogen-bond donors (Lipinski definition) is 3. The molecule has 0 radical (unpaired) electrons. The normalized spacial score (nSPS) is 15.6. The fraction of sp³-hybridized carbons (Fsp3) is 0.857. The van der Waals surface area contributed by atoms with Gasteiger partial charge in [-0.25, -0.2) is 0 Å². The molecule has 0 aromatic heterocycles. The number of carbonyl (C=O) groups is 1. The third kappa shape index (κ3) is 4.27. The van der Waals surface area contributed by atoms with Crippen LogP contribution < -0.4 is 5.32 Å². The van der Waals surface area contributed by atoms with E-state index in [1.165, 1.54) is 7.11 Å². The number of hydrogen-bond acceptors (Lipinski definition) is 4. The summed E-state index contributed by atoms with van der Waals surface area (Å²) in [6, 6.07) is -0.988. The van der Waals surface area contributed by atoms with Crippen LogP contribution in [-0.4, -0.2) is 48.6 Å².